The van der Waals surface area contributed by atoms with E-state index in [4.69, 9.17) is 0 Å². The van der Waals surface area contributed by atoms with Crippen LogP contribution in [0.1, 0.15) is 17.3 Å². The van der Waals surface area contributed by atoms with Gasteiger partial charge >= 0.3 is 0 Å². The van der Waals surface area contributed by atoms with E-state index in [9.17, 15) is 18.4 Å². The Kier molecular flexibility index (Phi) is 5.05. The molecule has 1 N–H and O–H groups in total. The second-order valence-corrected chi connectivity index (χ2v) is 6.52. The van der Waals surface area contributed by atoms with Gasteiger partial charge in [0, 0.05) is 35.6 Å². The molecule has 0 saturated carbocycles. The van der Waals surface area contributed by atoms with Gasteiger partial charge in [0.1, 0.15) is 11.2 Å². The maximum absolute atomic E-state index is 13.3. The zero-order chi connectivity index (χ0) is 21.3. The van der Waals surface area contributed by atoms with Crippen molar-refractivity contribution in [3.63, 3.8) is 0 Å². The number of halogens is 2. The fraction of sp³-hybridized carbons (Fsp3) is 0.0909. The smallest absolute Gasteiger partial charge is 0.278 e. The normalized spacial score (nSPS) is 10.9. The number of aryl methyl sites for hydroxylation is 1. The second-order valence-electron chi connectivity index (χ2n) is 6.52. The van der Waals surface area contributed by atoms with Crippen LogP contribution in [0.4, 0.5) is 14.5 Å². The summed E-state index contributed by atoms with van der Waals surface area (Å²) in [4.78, 5) is 33.9. The van der Waals surface area contributed by atoms with Crippen molar-refractivity contribution in [1.82, 2.24) is 14.5 Å². The zero-order valence-corrected chi connectivity index (χ0v) is 15.9. The Morgan fingerprint density at radius 3 is 2.53 bits per heavy atom. The third kappa shape index (κ3) is 3.55. The molecule has 0 spiro atoms. The minimum atomic E-state index is -1.05. The number of amides is 1. The van der Waals surface area contributed by atoms with Crippen LogP contribution in [0.25, 0.3) is 22.4 Å². The van der Waals surface area contributed by atoms with Gasteiger partial charge in [-0.1, -0.05) is 12.1 Å². The largest absolute Gasteiger partial charge is 0.322 e. The van der Waals surface area contributed by atoms with Crippen LogP contribution in [0.5, 0.6) is 0 Å². The lowest BCUT2D eigenvalue weighted by Gasteiger charge is -2.10. The fourth-order valence-electron chi connectivity index (χ4n) is 3.11. The number of carbonyl (C=O) groups excluding carboxylic acids is 1. The molecule has 0 unspecified atom stereocenters. The Bertz CT molecular complexity index is 1320. The molecular formula is C22H16F2N4O2. The number of benzene rings is 2. The molecule has 4 aromatic rings. The monoisotopic (exact) mass is 406 g/mol. The van der Waals surface area contributed by atoms with E-state index < -0.39 is 17.5 Å². The quantitative estimate of drug-likeness (QED) is 0.556. The van der Waals surface area contributed by atoms with E-state index in [1.165, 1.54) is 18.2 Å². The number of nitrogens with one attached hydrogen (secondary N) is 1. The maximum Gasteiger partial charge on any atom is 0.278 e. The van der Waals surface area contributed by atoms with Crippen LogP contribution >= 0.6 is 0 Å². The number of carbonyl (C=O) groups is 1. The van der Waals surface area contributed by atoms with E-state index in [2.05, 4.69) is 15.3 Å². The highest BCUT2D eigenvalue weighted by atomic mass is 19.2. The van der Waals surface area contributed by atoms with Gasteiger partial charge in [-0.25, -0.2) is 18.7 Å². The van der Waals surface area contributed by atoms with Gasteiger partial charge in [-0.05, 0) is 43.3 Å². The number of aromatic nitrogens is 3. The molecule has 6 nitrogen and oxygen atoms in total. The first-order valence-corrected chi connectivity index (χ1v) is 9.20. The van der Waals surface area contributed by atoms with Crippen molar-refractivity contribution >= 4 is 22.8 Å². The number of hydrogen-bond acceptors (Lipinski definition) is 4. The minimum Gasteiger partial charge on any atom is -0.322 e. The first kappa shape index (κ1) is 19.4. The Hall–Kier alpha value is -3.94. The highest BCUT2D eigenvalue weighted by Gasteiger charge is 2.14. The summed E-state index contributed by atoms with van der Waals surface area (Å²) in [6.45, 7) is 2.29. The number of pyridine rings is 1. The average molecular weight is 406 g/mol. The molecule has 0 aliphatic rings. The summed E-state index contributed by atoms with van der Waals surface area (Å²) in [5, 5.41) is 2.50. The predicted molar refractivity (Wildman–Crippen MR) is 109 cm³/mol. The van der Waals surface area contributed by atoms with Gasteiger partial charge in [0.15, 0.2) is 17.3 Å². The SMILES string of the molecule is CCn1c(=O)c(-c2ccc(C(=O)Nc3ccc(F)c(F)c3)cc2)nc2cccnc21. The number of rotatable bonds is 4. The molecule has 2 aromatic heterocycles. The Morgan fingerprint density at radius 2 is 1.83 bits per heavy atom. The van der Waals surface area contributed by atoms with Crippen molar-refractivity contribution in [3.05, 3.63) is 88.3 Å². The molecule has 1 amide bonds. The predicted octanol–water partition coefficient (Wildman–Crippen LogP) is 4.01. The molecule has 0 fully saturated rings. The van der Waals surface area contributed by atoms with Crippen LogP contribution in [0, 0.1) is 11.6 Å². The van der Waals surface area contributed by atoms with E-state index in [-0.39, 0.29) is 16.9 Å². The molecule has 0 bridgehead atoms. The average Bonchev–Trinajstić information content (AvgIpc) is 2.76. The standard InChI is InChI=1S/C22H16F2N4O2/c1-2-28-20-18(4-3-11-25-20)27-19(22(28)30)13-5-7-14(8-6-13)21(29)26-15-9-10-16(23)17(24)12-15/h3-12H,2H2,1H3,(H,26,29). The second kappa shape index (κ2) is 7.82. The van der Waals surface area contributed by atoms with Crippen LogP contribution in [0.2, 0.25) is 0 Å². The molecular weight excluding hydrogens is 390 g/mol. The summed E-state index contributed by atoms with van der Waals surface area (Å²) in [7, 11) is 0. The summed E-state index contributed by atoms with van der Waals surface area (Å²) in [5.74, 6) is -2.53. The number of fused-ring (bicyclic) bond motifs is 1. The van der Waals surface area contributed by atoms with Crippen molar-refractivity contribution < 1.29 is 13.6 Å². The molecule has 2 aromatic carbocycles. The lowest BCUT2D eigenvalue weighted by molar-refractivity contribution is 0.102. The topological polar surface area (TPSA) is 76.9 Å². The first-order valence-electron chi connectivity index (χ1n) is 9.20. The highest BCUT2D eigenvalue weighted by molar-refractivity contribution is 6.04. The molecule has 0 aliphatic carbocycles. The summed E-state index contributed by atoms with van der Waals surface area (Å²) >= 11 is 0. The van der Waals surface area contributed by atoms with Gasteiger partial charge in [0.05, 0.1) is 0 Å². The molecule has 0 atom stereocenters. The molecule has 0 aliphatic heterocycles. The van der Waals surface area contributed by atoms with Gasteiger partial charge in [0.2, 0.25) is 0 Å². The molecule has 0 radical (unpaired) electrons. The van der Waals surface area contributed by atoms with Crippen molar-refractivity contribution in [3.8, 4) is 11.3 Å². The van der Waals surface area contributed by atoms with E-state index in [1.807, 2.05) is 6.92 Å². The Balaban J connectivity index is 1.65. The van der Waals surface area contributed by atoms with Crippen molar-refractivity contribution in [2.45, 2.75) is 13.5 Å². The number of nitrogens with zero attached hydrogens (tertiary/aromatic N) is 3. The number of hydrogen-bond donors (Lipinski definition) is 1. The van der Waals surface area contributed by atoms with Gasteiger partial charge in [0.25, 0.3) is 11.5 Å². The van der Waals surface area contributed by atoms with E-state index in [1.54, 1.807) is 35.0 Å². The number of anilines is 1. The van der Waals surface area contributed by atoms with E-state index in [0.717, 1.165) is 12.1 Å². The summed E-state index contributed by atoms with van der Waals surface area (Å²) in [6.07, 6.45) is 1.61. The highest BCUT2D eigenvalue weighted by Crippen LogP contribution is 2.19. The summed E-state index contributed by atoms with van der Waals surface area (Å²) in [5.41, 5.74) is 2.06. The third-order valence-electron chi connectivity index (χ3n) is 4.62. The molecule has 8 heteroatoms. The zero-order valence-electron chi connectivity index (χ0n) is 15.9. The Labute approximate surface area is 169 Å². The molecule has 30 heavy (non-hydrogen) atoms. The molecule has 0 saturated heterocycles. The first-order chi connectivity index (χ1) is 14.5. The Morgan fingerprint density at radius 1 is 1.07 bits per heavy atom. The molecule has 150 valence electrons. The summed E-state index contributed by atoms with van der Waals surface area (Å²) in [6, 6.07) is 12.9. The van der Waals surface area contributed by atoms with Gasteiger partial charge in [-0.2, -0.15) is 0 Å². The van der Waals surface area contributed by atoms with Gasteiger partial charge in [-0.3, -0.25) is 14.2 Å². The minimum absolute atomic E-state index is 0.137. The lowest BCUT2D eigenvalue weighted by atomic mass is 10.1. The van der Waals surface area contributed by atoms with E-state index >= 15 is 0 Å². The van der Waals surface area contributed by atoms with Crippen LogP contribution < -0.4 is 10.9 Å². The summed E-state index contributed by atoms with van der Waals surface area (Å²) < 4.78 is 27.9. The lowest BCUT2D eigenvalue weighted by Crippen LogP contribution is -2.23. The van der Waals surface area contributed by atoms with Crippen molar-refractivity contribution in [1.29, 1.82) is 0 Å². The molecule has 2 heterocycles. The van der Waals surface area contributed by atoms with Gasteiger partial charge < -0.3 is 5.32 Å². The van der Waals surface area contributed by atoms with Crippen LogP contribution in [0.3, 0.4) is 0 Å². The maximum atomic E-state index is 13.3. The van der Waals surface area contributed by atoms with Crippen LogP contribution in [-0.4, -0.2) is 20.4 Å². The van der Waals surface area contributed by atoms with Crippen molar-refractivity contribution in [2.24, 2.45) is 0 Å². The van der Waals surface area contributed by atoms with Gasteiger partial charge in [-0.15, -0.1) is 0 Å². The van der Waals surface area contributed by atoms with Crippen LogP contribution in [-0.2, 0) is 6.54 Å². The fourth-order valence-corrected chi connectivity index (χ4v) is 3.11. The molecule has 4 rings (SSSR count). The van der Waals surface area contributed by atoms with Crippen LogP contribution in [0.15, 0.2) is 65.6 Å². The van der Waals surface area contributed by atoms with E-state index in [0.29, 0.717) is 28.8 Å². The third-order valence-corrected chi connectivity index (χ3v) is 4.62. The van der Waals surface area contributed by atoms with Crippen molar-refractivity contribution in [2.75, 3.05) is 5.32 Å².